The number of pyridine rings is 1. The second-order valence-electron chi connectivity index (χ2n) is 9.54. The SMILES string of the molecule is Cc1ccc(C(=O)CCCCC[C@H](NC(=O)c2cncs2)c2ncc(-c3ccc4ccccc4c3)[nH]2)c(=O)[nH]1. The first-order valence-corrected chi connectivity index (χ1v) is 13.8. The molecule has 0 spiro atoms. The van der Waals surface area contributed by atoms with Crippen molar-refractivity contribution in [3.05, 3.63) is 105 Å². The van der Waals surface area contributed by atoms with Crippen molar-refractivity contribution in [2.24, 2.45) is 0 Å². The minimum atomic E-state index is -0.342. The number of aromatic amines is 2. The van der Waals surface area contributed by atoms with Crippen molar-refractivity contribution < 1.29 is 9.59 Å². The molecule has 0 radical (unpaired) electrons. The molecule has 0 saturated carbocycles. The topological polar surface area (TPSA) is 121 Å². The fraction of sp³-hybridized carbons (Fsp3) is 0.233. The van der Waals surface area contributed by atoms with Gasteiger partial charge in [-0.05, 0) is 48.7 Å². The van der Waals surface area contributed by atoms with Crippen LogP contribution in [0.25, 0.3) is 22.0 Å². The summed E-state index contributed by atoms with van der Waals surface area (Å²) >= 11 is 1.29. The second-order valence-corrected chi connectivity index (χ2v) is 10.4. The number of fused-ring (bicyclic) bond motifs is 1. The normalized spacial score (nSPS) is 11.9. The molecule has 0 unspecified atom stereocenters. The molecule has 0 saturated heterocycles. The quantitative estimate of drug-likeness (QED) is 0.141. The zero-order chi connectivity index (χ0) is 27.2. The summed E-state index contributed by atoms with van der Waals surface area (Å²) in [5, 5.41) is 5.40. The maximum Gasteiger partial charge on any atom is 0.263 e. The number of hydrogen-bond acceptors (Lipinski definition) is 6. The standard InChI is InChI=1S/C30H29N5O3S/c1-19-11-14-23(29(37)33-19)26(36)10-4-2-3-9-24(35-30(38)27-17-31-18-39-27)28-32-16-25(34-28)22-13-12-20-7-5-6-8-21(20)15-22/h5-8,11-18,24H,2-4,9-10H2,1H3,(H,32,34)(H,33,37)(H,35,38)/t24-/m0/s1. The van der Waals surface area contributed by atoms with Gasteiger partial charge in [0.15, 0.2) is 5.78 Å². The van der Waals surface area contributed by atoms with Crippen LogP contribution < -0.4 is 10.9 Å². The summed E-state index contributed by atoms with van der Waals surface area (Å²) in [6.07, 6.45) is 6.51. The summed E-state index contributed by atoms with van der Waals surface area (Å²) in [4.78, 5) is 52.6. The van der Waals surface area contributed by atoms with Gasteiger partial charge >= 0.3 is 0 Å². The highest BCUT2D eigenvalue weighted by atomic mass is 32.1. The molecule has 0 aliphatic rings. The first-order chi connectivity index (χ1) is 19.0. The van der Waals surface area contributed by atoms with Crippen LogP contribution in [0.3, 0.4) is 0 Å². The van der Waals surface area contributed by atoms with Gasteiger partial charge in [-0.2, -0.15) is 0 Å². The van der Waals surface area contributed by atoms with Crippen molar-refractivity contribution in [2.45, 2.75) is 45.1 Å². The second kappa shape index (κ2) is 12.0. The van der Waals surface area contributed by atoms with E-state index >= 15 is 0 Å². The Morgan fingerprint density at radius 3 is 2.62 bits per heavy atom. The van der Waals surface area contributed by atoms with Gasteiger partial charge in [0.1, 0.15) is 10.7 Å². The monoisotopic (exact) mass is 539 g/mol. The number of carbonyl (C=O) groups excluding carboxylic acids is 2. The number of benzene rings is 2. The smallest absolute Gasteiger partial charge is 0.263 e. The van der Waals surface area contributed by atoms with Crippen molar-refractivity contribution >= 4 is 33.8 Å². The summed E-state index contributed by atoms with van der Waals surface area (Å²) in [7, 11) is 0. The molecule has 0 fully saturated rings. The molecular formula is C30H29N5O3S. The van der Waals surface area contributed by atoms with Crippen molar-refractivity contribution in [1.29, 1.82) is 0 Å². The van der Waals surface area contributed by atoms with Crippen LogP contribution in [0, 0.1) is 6.92 Å². The minimum Gasteiger partial charge on any atom is -0.341 e. The van der Waals surface area contributed by atoms with Crippen LogP contribution in [0.4, 0.5) is 0 Å². The van der Waals surface area contributed by atoms with Gasteiger partial charge in [0.05, 0.1) is 35.2 Å². The molecule has 0 aliphatic carbocycles. The molecule has 5 aromatic rings. The molecule has 1 amide bonds. The van der Waals surface area contributed by atoms with E-state index in [0.29, 0.717) is 30.0 Å². The predicted molar refractivity (Wildman–Crippen MR) is 153 cm³/mol. The summed E-state index contributed by atoms with van der Waals surface area (Å²) in [5.41, 5.74) is 4.11. The highest BCUT2D eigenvalue weighted by Gasteiger charge is 2.20. The lowest BCUT2D eigenvalue weighted by atomic mass is 10.0. The van der Waals surface area contributed by atoms with Gasteiger partial charge in [0, 0.05) is 17.7 Å². The van der Waals surface area contributed by atoms with E-state index in [1.54, 1.807) is 37.0 Å². The Morgan fingerprint density at radius 2 is 1.82 bits per heavy atom. The van der Waals surface area contributed by atoms with Crippen molar-refractivity contribution in [1.82, 2.24) is 25.3 Å². The van der Waals surface area contributed by atoms with Gasteiger partial charge < -0.3 is 15.3 Å². The fourth-order valence-corrected chi connectivity index (χ4v) is 5.11. The Hall–Kier alpha value is -4.37. The van der Waals surface area contributed by atoms with Crippen LogP contribution in [-0.4, -0.2) is 31.6 Å². The average molecular weight is 540 g/mol. The van der Waals surface area contributed by atoms with E-state index in [9.17, 15) is 14.4 Å². The molecule has 3 N–H and O–H groups in total. The van der Waals surface area contributed by atoms with Gasteiger partial charge in [-0.3, -0.25) is 19.4 Å². The Bertz CT molecular complexity index is 1650. The first-order valence-electron chi connectivity index (χ1n) is 12.9. The lowest BCUT2D eigenvalue weighted by Gasteiger charge is -2.16. The molecule has 2 aromatic carbocycles. The summed E-state index contributed by atoms with van der Waals surface area (Å²) < 4.78 is 0. The number of amides is 1. The molecule has 1 atom stereocenters. The van der Waals surface area contributed by atoms with Crippen LogP contribution in [0.15, 0.2) is 77.3 Å². The minimum absolute atomic E-state index is 0.155. The average Bonchev–Trinajstić information content (AvgIpc) is 3.65. The number of H-pyrrole nitrogens is 2. The maximum absolute atomic E-state index is 12.8. The third-order valence-electron chi connectivity index (χ3n) is 6.70. The van der Waals surface area contributed by atoms with Crippen molar-refractivity contribution in [3.8, 4) is 11.3 Å². The molecule has 3 heterocycles. The maximum atomic E-state index is 12.8. The van der Waals surface area contributed by atoms with E-state index in [1.165, 1.54) is 16.7 Å². The number of ketones is 1. The van der Waals surface area contributed by atoms with Gasteiger partial charge in [0.25, 0.3) is 11.5 Å². The van der Waals surface area contributed by atoms with Crippen molar-refractivity contribution in [3.63, 3.8) is 0 Å². The summed E-state index contributed by atoms with van der Waals surface area (Å²) in [6.45, 7) is 1.78. The Morgan fingerprint density at radius 1 is 0.974 bits per heavy atom. The van der Waals surface area contributed by atoms with Crippen LogP contribution in [0.5, 0.6) is 0 Å². The number of carbonyl (C=O) groups is 2. The molecule has 9 heteroatoms. The Labute approximate surface area is 229 Å². The number of thiazole rings is 1. The zero-order valence-electron chi connectivity index (χ0n) is 21.6. The van der Waals surface area contributed by atoms with E-state index in [0.717, 1.165) is 35.2 Å². The van der Waals surface area contributed by atoms with Crippen LogP contribution >= 0.6 is 11.3 Å². The van der Waals surface area contributed by atoms with E-state index < -0.39 is 0 Å². The van der Waals surface area contributed by atoms with Crippen LogP contribution in [-0.2, 0) is 0 Å². The number of nitrogens with zero attached hydrogens (tertiary/aromatic N) is 2. The van der Waals surface area contributed by atoms with Gasteiger partial charge in [-0.15, -0.1) is 11.3 Å². The van der Waals surface area contributed by atoms with Crippen LogP contribution in [0.1, 0.15) is 69.7 Å². The van der Waals surface area contributed by atoms with E-state index in [-0.39, 0.29) is 28.9 Å². The molecule has 3 aromatic heterocycles. The number of Topliss-reactive ketones (excluding diaryl/α,β-unsaturated/α-hetero) is 1. The van der Waals surface area contributed by atoms with Crippen molar-refractivity contribution in [2.75, 3.05) is 0 Å². The summed E-state index contributed by atoms with van der Waals surface area (Å²) in [5.74, 6) is 0.329. The van der Waals surface area contributed by atoms with Crippen LogP contribution in [0.2, 0.25) is 0 Å². The molecule has 5 rings (SSSR count). The number of nitrogens with one attached hydrogen (secondary N) is 3. The number of rotatable bonds is 11. The summed E-state index contributed by atoms with van der Waals surface area (Å²) in [6, 6.07) is 17.4. The van der Waals surface area contributed by atoms with E-state index in [1.807, 2.05) is 12.1 Å². The molecular weight excluding hydrogens is 510 g/mol. The molecule has 39 heavy (non-hydrogen) atoms. The molecule has 198 valence electrons. The Balaban J connectivity index is 1.24. The van der Waals surface area contributed by atoms with Gasteiger partial charge in [0.2, 0.25) is 0 Å². The largest absolute Gasteiger partial charge is 0.341 e. The van der Waals surface area contributed by atoms with E-state index in [4.69, 9.17) is 0 Å². The third-order valence-corrected chi connectivity index (χ3v) is 7.47. The van der Waals surface area contributed by atoms with Gasteiger partial charge in [-0.1, -0.05) is 49.2 Å². The number of aromatic nitrogens is 4. The third kappa shape index (κ3) is 6.38. The predicted octanol–water partition coefficient (Wildman–Crippen LogP) is 5.99. The highest BCUT2D eigenvalue weighted by Crippen LogP contribution is 2.26. The van der Waals surface area contributed by atoms with E-state index in [2.05, 4.69) is 55.6 Å². The first kappa shape index (κ1) is 26.2. The highest BCUT2D eigenvalue weighted by molar-refractivity contribution is 7.11. The Kier molecular flexibility index (Phi) is 8.07. The molecule has 8 nitrogen and oxygen atoms in total. The number of hydrogen-bond donors (Lipinski definition) is 3. The van der Waals surface area contributed by atoms with Gasteiger partial charge in [-0.25, -0.2) is 4.98 Å². The zero-order valence-corrected chi connectivity index (χ0v) is 22.4. The number of aryl methyl sites for hydroxylation is 1. The molecule has 0 aliphatic heterocycles. The number of unbranched alkanes of at least 4 members (excludes halogenated alkanes) is 2. The lowest BCUT2D eigenvalue weighted by molar-refractivity contribution is 0.0935. The fourth-order valence-electron chi connectivity index (χ4n) is 4.59. The molecule has 0 bridgehead atoms. The lowest BCUT2D eigenvalue weighted by Crippen LogP contribution is -2.28. The number of imidazole rings is 1.